The summed E-state index contributed by atoms with van der Waals surface area (Å²) in [5, 5.41) is 11.5. The second-order valence-electron chi connectivity index (χ2n) is 5.87. The fraction of sp³-hybridized carbons (Fsp3) is 0.438. The first-order chi connectivity index (χ1) is 11.1. The Balaban J connectivity index is 0.00000208. The van der Waals surface area contributed by atoms with Gasteiger partial charge in [0.25, 0.3) is 0 Å². The molecule has 0 unspecified atom stereocenters. The van der Waals surface area contributed by atoms with Crippen LogP contribution >= 0.6 is 35.6 Å². The van der Waals surface area contributed by atoms with Crippen LogP contribution in [0.25, 0.3) is 0 Å². The summed E-state index contributed by atoms with van der Waals surface area (Å²) in [6, 6.07) is 8.14. The summed E-state index contributed by atoms with van der Waals surface area (Å²) in [6.45, 7) is 1.42. The fourth-order valence-electron chi connectivity index (χ4n) is 2.65. The molecule has 0 spiro atoms. The largest absolute Gasteiger partial charge is 0.356 e. The van der Waals surface area contributed by atoms with Crippen molar-refractivity contribution in [1.29, 1.82) is 0 Å². The molecule has 2 N–H and O–H groups in total. The zero-order valence-electron chi connectivity index (χ0n) is 13.8. The number of hydrogen-bond acceptors (Lipinski definition) is 3. The van der Waals surface area contributed by atoms with Crippen molar-refractivity contribution in [2.24, 2.45) is 12.0 Å². The van der Waals surface area contributed by atoms with E-state index in [1.54, 1.807) is 18.1 Å². The normalized spacial score (nSPS) is 15.5. The number of guanidine groups is 1. The molecule has 0 amide bonds. The highest BCUT2D eigenvalue weighted by Gasteiger charge is 2.44. The van der Waals surface area contributed by atoms with E-state index in [0.29, 0.717) is 6.54 Å². The van der Waals surface area contributed by atoms with Crippen molar-refractivity contribution in [3.8, 4) is 0 Å². The van der Waals surface area contributed by atoms with E-state index in [0.717, 1.165) is 23.4 Å². The van der Waals surface area contributed by atoms with Crippen LogP contribution < -0.4 is 10.6 Å². The molecule has 24 heavy (non-hydrogen) atoms. The Bertz CT molecular complexity index is 710. The lowest BCUT2D eigenvalue weighted by molar-refractivity contribution is 0.634. The molecule has 1 aliphatic carbocycles. The maximum atomic E-state index is 6.12. The molecule has 8 heteroatoms. The van der Waals surface area contributed by atoms with Crippen molar-refractivity contribution < 1.29 is 0 Å². The Morgan fingerprint density at radius 3 is 2.75 bits per heavy atom. The molecule has 2 aromatic rings. The predicted molar refractivity (Wildman–Crippen MR) is 107 cm³/mol. The van der Waals surface area contributed by atoms with E-state index >= 15 is 0 Å². The Labute approximate surface area is 164 Å². The third kappa shape index (κ3) is 4.38. The molecule has 0 bridgehead atoms. The minimum absolute atomic E-state index is 0. The van der Waals surface area contributed by atoms with E-state index in [2.05, 4.69) is 37.8 Å². The zero-order valence-corrected chi connectivity index (χ0v) is 16.9. The van der Waals surface area contributed by atoms with Gasteiger partial charge >= 0.3 is 0 Å². The zero-order chi connectivity index (χ0) is 16.3. The van der Waals surface area contributed by atoms with Crippen molar-refractivity contribution in [2.75, 3.05) is 13.6 Å². The molecule has 1 heterocycles. The third-order valence-corrected chi connectivity index (χ3v) is 4.56. The third-order valence-electron chi connectivity index (χ3n) is 4.33. The van der Waals surface area contributed by atoms with Crippen molar-refractivity contribution in [1.82, 2.24) is 25.4 Å². The fourth-order valence-corrected chi connectivity index (χ4v) is 2.84. The number of aryl methyl sites for hydroxylation is 1. The van der Waals surface area contributed by atoms with Gasteiger partial charge in [0.15, 0.2) is 5.96 Å². The molecule has 0 saturated heterocycles. The van der Waals surface area contributed by atoms with Gasteiger partial charge in [-0.2, -0.15) is 5.10 Å². The Morgan fingerprint density at radius 2 is 2.17 bits per heavy atom. The van der Waals surface area contributed by atoms with Crippen LogP contribution in [0, 0.1) is 0 Å². The van der Waals surface area contributed by atoms with Crippen molar-refractivity contribution in [3.05, 3.63) is 47.0 Å². The number of rotatable bonds is 5. The van der Waals surface area contributed by atoms with Gasteiger partial charge in [0.2, 0.25) is 0 Å². The molecule has 1 aliphatic rings. The van der Waals surface area contributed by atoms with Crippen LogP contribution in [0.1, 0.15) is 24.2 Å². The Hall–Kier alpha value is -1.35. The van der Waals surface area contributed by atoms with Crippen LogP contribution in [-0.4, -0.2) is 34.3 Å². The maximum absolute atomic E-state index is 6.12. The van der Waals surface area contributed by atoms with Crippen LogP contribution in [0.15, 0.2) is 35.6 Å². The number of nitrogens with zero attached hydrogens (tertiary/aromatic N) is 4. The van der Waals surface area contributed by atoms with Crippen molar-refractivity contribution in [2.45, 2.75) is 24.8 Å². The molecular weight excluding hydrogens is 439 g/mol. The maximum Gasteiger partial charge on any atom is 0.191 e. The molecule has 1 fully saturated rings. The number of aromatic nitrogens is 3. The molecule has 0 radical (unpaired) electrons. The Kier molecular flexibility index (Phi) is 6.45. The second-order valence-corrected chi connectivity index (χ2v) is 6.31. The first-order valence-corrected chi connectivity index (χ1v) is 8.04. The van der Waals surface area contributed by atoms with Crippen LogP contribution in [0.3, 0.4) is 0 Å². The lowest BCUT2D eigenvalue weighted by Crippen LogP contribution is -2.41. The number of halogens is 2. The van der Waals surface area contributed by atoms with Gasteiger partial charge < -0.3 is 10.6 Å². The highest BCUT2D eigenvalue weighted by atomic mass is 127. The second kappa shape index (κ2) is 8.15. The summed E-state index contributed by atoms with van der Waals surface area (Å²) in [7, 11) is 3.64. The van der Waals surface area contributed by atoms with Crippen LogP contribution in [-0.2, 0) is 19.0 Å². The highest BCUT2D eigenvalue weighted by molar-refractivity contribution is 14.0. The number of benzene rings is 1. The van der Waals surface area contributed by atoms with Gasteiger partial charge in [0.1, 0.15) is 12.2 Å². The van der Waals surface area contributed by atoms with Crippen LogP contribution in [0.5, 0.6) is 0 Å². The SMILES string of the molecule is CN=C(NCc1ncnn1C)NCC1(c2cccc(Cl)c2)CC1.I. The monoisotopic (exact) mass is 460 g/mol. The topological polar surface area (TPSA) is 67.1 Å². The predicted octanol–water partition coefficient (Wildman–Crippen LogP) is 2.48. The van der Waals surface area contributed by atoms with Crippen molar-refractivity contribution in [3.63, 3.8) is 0 Å². The van der Waals surface area contributed by atoms with E-state index < -0.39 is 0 Å². The van der Waals surface area contributed by atoms with Gasteiger partial charge in [-0.25, -0.2) is 4.98 Å². The smallest absolute Gasteiger partial charge is 0.191 e. The molecular formula is C16H22ClIN6. The molecule has 1 saturated carbocycles. The first kappa shape index (κ1) is 19.0. The average molecular weight is 461 g/mol. The van der Waals surface area contributed by atoms with E-state index in [1.807, 2.05) is 19.2 Å². The van der Waals surface area contributed by atoms with Crippen molar-refractivity contribution >= 4 is 41.5 Å². The van der Waals surface area contributed by atoms with E-state index in [9.17, 15) is 0 Å². The van der Waals surface area contributed by atoms with Gasteiger partial charge in [-0.1, -0.05) is 23.7 Å². The molecule has 1 aromatic carbocycles. The van der Waals surface area contributed by atoms with Gasteiger partial charge in [-0.15, -0.1) is 24.0 Å². The summed E-state index contributed by atoms with van der Waals surface area (Å²) in [6.07, 6.45) is 3.88. The molecule has 3 rings (SSSR count). The van der Waals surface area contributed by atoms with Gasteiger partial charge in [0, 0.05) is 31.1 Å². The van der Waals surface area contributed by atoms with E-state index in [-0.39, 0.29) is 29.4 Å². The standard InChI is InChI=1S/C16H21ClN6.HI/c1-18-15(19-9-14-21-11-22-23(14)2)20-10-16(6-7-16)12-4-3-5-13(17)8-12;/h3-5,8,11H,6-7,9-10H2,1-2H3,(H2,18,19,20);1H. The summed E-state index contributed by atoms with van der Waals surface area (Å²) >= 11 is 6.12. The number of nitrogens with one attached hydrogen (secondary N) is 2. The van der Waals surface area contributed by atoms with Gasteiger partial charge in [0.05, 0.1) is 6.54 Å². The first-order valence-electron chi connectivity index (χ1n) is 7.66. The van der Waals surface area contributed by atoms with Crippen LogP contribution in [0.4, 0.5) is 0 Å². The molecule has 0 aliphatic heterocycles. The number of aliphatic imine (C=N–C) groups is 1. The minimum Gasteiger partial charge on any atom is -0.356 e. The summed E-state index contributed by atoms with van der Waals surface area (Å²) in [4.78, 5) is 8.46. The van der Waals surface area contributed by atoms with E-state index in [4.69, 9.17) is 11.6 Å². The lowest BCUT2D eigenvalue weighted by Gasteiger charge is -2.19. The summed E-state index contributed by atoms with van der Waals surface area (Å²) in [5.74, 6) is 1.63. The Morgan fingerprint density at radius 1 is 1.38 bits per heavy atom. The minimum atomic E-state index is 0. The quantitative estimate of drug-likeness (QED) is 0.409. The lowest BCUT2D eigenvalue weighted by atomic mass is 9.96. The highest BCUT2D eigenvalue weighted by Crippen LogP contribution is 2.48. The molecule has 0 atom stereocenters. The molecule has 6 nitrogen and oxygen atoms in total. The number of hydrogen-bond donors (Lipinski definition) is 2. The van der Waals surface area contributed by atoms with E-state index in [1.165, 1.54) is 18.4 Å². The average Bonchev–Trinajstić information content (AvgIpc) is 3.24. The molecule has 1 aromatic heterocycles. The summed E-state index contributed by atoms with van der Waals surface area (Å²) < 4.78 is 1.74. The summed E-state index contributed by atoms with van der Waals surface area (Å²) in [5.41, 5.74) is 1.47. The van der Waals surface area contributed by atoms with Gasteiger partial charge in [-0.3, -0.25) is 9.67 Å². The van der Waals surface area contributed by atoms with Gasteiger partial charge in [-0.05, 0) is 30.5 Å². The van der Waals surface area contributed by atoms with Crippen LogP contribution in [0.2, 0.25) is 5.02 Å². The molecule has 130 valence electrons.